The van der Waals surface area contributed by atoms with E-state index >= 15 is 0 Å². The number of benzene rings is 1. The summed E-state index contributed by atoms with van der Waals surface area (Å²) in [4.78, 5) is 25.7. The molecule has 2 rings (SSSR count). The molecule has 0 saturated heterocycles. The summed E-state index contributed by atoms with van der Waals surface area (Å²) < 4.78 is 39.2. The summed E-state index contributed by atoms with van der Waals surface area (Å²) in [6.07, 6.45) is 4.64. The van der Waals surface area contributed by atoms with E-state index in [0.29, 0.717) is 7.14 Å². The first-order chi connectivity index (χ1) is 13.0. The molecule has 1 aromatic rings. The maximum absolute atomic E-state index is 13.0. The second-order valence-electron chi connectivity index (χ2n) is 6.21. The highest BCUT2D eigenvalue weighted by atomic mass is 127. The normalized spacial score (nSPS) is 15.3. The summed E-state index contributed by atoms with van der Waals surface area (Å²) in [5, 5.41) is 2.47. The fraction of sp³-hybridized carbons (Fsp3) is 0.500. The highest BCUT2D eigenvalue weighted by molar-refractivity contribution is 14.1. The number of hydrogen-bond acceptors (Lipinski definition) is 5. The van der Waals surface area contributed by atoms with Crippen molar-refractivity contribution >= 4 is 112 Å². The molecule has 156 valence electrons. The van der Waals surface area contributed by atoms with Crippen molar-refractivity contribution in [2.45, 2.75) is 38.2 Å². The lowest BCUT2D eigenvalue weighted by Crippen LogP contribution is -2.32. The zero-order valence-corrected chi connectivity index (χ0v) is 23.9. The standard InChI is InChI=1S/C16H17I4NO6S/c17-11-9(15(22)21-6-7-28(24,25)26)10(12(18)14(20)13(11)19)16(23)27-8-4-2-1-3-5-8/h8H,1-7H2,(H,21,22)(H,24,25,26). The van der Waals surface area contributed by atoms with Crippen LogP contribution in [0.4, 0.5) is 0 Å². The van der Waals surface area contributed by atoms with Gasteiger partial charge in [-0.15, -0.1) is 0 Å². The third-order valence-electron chi connectivity index (χ3n) is 4.17. The van der Waals surface area contributed by atoms with Crippen LogP contribution in [0.2, 0.25) is 0 Å². The summed E-state index contributed by atoms with van der Waals surface area (Å²) in [5.41, 5.74) is 0.371. The highest BCUT2D eigenvalue weighted by Crippen LogP contribution is 2.34. The van der Waals surface area contributed by atoms with Gasteiger partial charge in [0.15, 0.2) is 0 Å². The lowest BCUT2D eigenvalue weighted by Gasteiger charge is -2.23. The van der Waals surface area contributed by atoms with Crippen molar-refractivity contribution in [1.82, 2.24) is 5.32 Å². The third-order valence-corrected chi connectivity index (χ3v) is 12.3. The molecule has 0 aliphatic heterocycles. The minimum Gasteiger partial charge on any atom is -0.459 e. The second-order valence-corrected chi connectivity index (χ2v) is 12.1. The molecule has 0 unspecified atom stereocenters. The molecule has 28 heavy (non-hydrogen) atoms. The van der Waals surface area contributed by atoms with E-state index in [0.717, 1.165) is 39.2 Å². The first-order valence-electron chi connectivity index (χ1n) is 8.33. The van der Waals surface area contributed by atoms with Crippen molar-refractivity contribution in [2.24, 2.45) is 0 Å². The van der Waals surface area contributed by atoms with Gasteiger partial charge >= 0.3 is 5.97 Å². The molecule has 1 amide bonds. The molecular formula is C16H17I4NO6S. The fourth-order valence-electron chi connectivity index (χ4n) is 2.81. The Kier molecular flexibility index (Phi) is 9.95. The van der Waals surface area contributed by atoms with E-state index in [1.54, 1.807) is 0 Å². The Bertz CT molecular complexity index is 884. The van der Waals surface area contributed by atoms with Gasteiger partial charge in [-0.3, -0.25) is 9.35 Å². The Morgan fingerprint density at radius 2 is 1.50 bits per heavy atom. The minimum absolute atomic E-state index is 0.151. The molecule has 1 saturated carbocycles. The molecule has 12 heteroatoms. The van der Waals surface area contributed by atoms with Gasteiger partial charge < -0.3 is 10.1 Å². The van der Waals surface area contributed by atoms with Crippen LogP contribution in [0.3, 0.4) is 0 Å². The van der Waals surface area contributed by atoms with E-state index < -0.39 is 27.7 Å². The number of rotatable bonds is 6. The molecule has 1 fully saturated rings. The number of halogens is 4. The topological polar surface area (TPSA) is 110 Å². The van der Waals surface area contributed by atoms with Crippen LogP contribution in [-0.2, 0) is 14.9 Å². The van der Waals surface area contributed by atoms with E-state index in [-0.39, 0.29) is 23.8 Å². The predicted octanol–water partition coefficient (Wildman–Crippen LogP) is 4.21. The Morgan fingerprint density at radius 3 is 2.04 bits per heavy atom. The molecule has 0 bridgehead atoms. The summed E-state index contributed by atoms with van der Waals surface area (Å²) in [5.74, 6) is -1.71. The zero-order valence-electron chi connectivity index (χ0n) is 14.4. The van der Waals surface area contributed by atoms with E-state index in [4.69, 9.17) is 9.29 Å². The summed E-state index contributed by atoms with van der Waals surface area (Å²) >= 11 is 8.29. The van der Waals surface area contributed by atoms with Gasteiger partial charge in [0.1, 0.15) is 6.10 Å². The number of carbonyl (C=O) groups excluding carboxylic acids is 2. The van der Waals surface area contributed by atoms with Crippen molar-refractivity contribution < 1.29 is 27.3 Å². The van der Waals surface area contributed by atoms with Crippen LogP contribution in [0.1, 0.15) is 52.8 Å². The molecule has 1 aromatic carbocycles. The van der Waals surface area contributed by atoms with Gasteiger partial charge in [0.05, 0.1) is 16.9 Å². The smallest absolute Gasteiger partial charge is 0.340 e. The summed E-state index contributed by atoms with van der Waals surface area (Å²) in [7, 11) is -4.19. The lowest BCUT2D eigenvalue weighted by molar-refractivity contribution is 0.0207. The number of carbonyl (C=O) groups is 2. The largest absolute Gasteiger partial charge is 0.459 e. The van der Waals surface area contributed by atoms with Crippen LogP contribution in [0, 0.1) is 14.3 Å². The molecule has 1 aliphatic rings. The summed E-state index contributed by atoms with van der Waals surface area (Å²) in [6.45, 7) is -0.260. The average molecular weight is 859 g/mol. The maximum atomic E-state index is 13.0. The van der Waals surface area contributed by atoms with Gasteiger partial charge in [-0.25, -0.2) is 4.79 Å². The molecule has 0 radical (unpaired) electrons. The van der Waals surface area contributed by atoms with Gasteiger partial charge in [0, 0.05) is 20.8 Å². The Labute approximate surface area is 218 Å². The van der Waals surface area contributed by atoms with Crippen molar-refractivity contribution in [3.05, 3.63) is 25.4 Å². The Hall–Kier alpha value is 0.990. The molecule has 0 aromatic heterocycles. The van der Waals surface area contributed by atoms with Gasteiger partial charge in [0.2, 0.25) is 0 Å². The van der Waals surface area contributed by atoms with Gasteiger partial charge in [0.25, 0.3) is 16.0 Å². The van der Waals surface area contributed by atoms with E-state index in [2.05, 4.69) is 50.5 Å². The third kappa shape index (κ3) is 6.74. The lowest BCUT2D eigenvalue weighted by atomic mass is 9.97. The van der Waals surface area contributed by atoms with Crippen molar-refractivity contribution in [2.75, 3.05) is 12.3 Å². The maximum Gasteiger partial charge on any atom is 0.340 e. The minimum atomic E-state index is -4.19. The molecule has 7 nitrogen and oxygen atoms in total. The molecule has 0 spiro atoms. The van der Waals surface area contributed by atoms with Crippen LogP contribution in [0.25, 0.3) is 0 Å². The quantitative estimate of drug-likeness (QED) is 0.146. The first kappa shape index (κ1) is 25.3. The van der Waals surface area contributed by atoms with Gasteiger partial charge in [-0.2, -0.15) is 8.42 Å². The van der Waals surface area contributed by atoms with Crippen LogP contribution in [0.15, 0.2) is 0 Å². The Morgan fingerprint density at radius 1 is 0.964 bits per heavy atom. The van der Waals surface area contributed by atoms with Crippen molar-refractivity contribution in [3.8, 4) is 0 Å². The monoisotopic (exact) mass is 859 g/mol. The van der Waals surface area contributed by atoms with E-state index in [1.807, 2.05) is 45.2 Å². The number of amides is 1. The molecule has 1 aliphatic carbocycles. The SMILES string of the molecule is O=C(NCCS(=O)(=O)O)c1c(I)c(I)c(I)c(I)c1C(=O)OC1CCCCC1. The highest BCUT2D eigenvalue weighted by Gasteiger charge is 2.30. The number of ether oxygens (including phenoxy) is 1. The average Bonchev–Trinajstić information content (AvgIpc) is 2.62. The van der Waals surface area contributed by atoms with Crippen molar-refractivity contribution in [1.29, 1.82) is 0 Å². The molecule has 0 atom stereocenters. The van der Waals surface area contributed by atoms with E-state index in [1.165, 1.54) is 0 Å². The number of nitrogens with one attached hydrogen (secondary N) is 1. The van der Waals surface area contributed by atoms with Crippen molar-refractivity contribution in [3.63, 3.8) is 0 Å². The molecule has 2 N–H and O–H groups in total. The number of hydrogen-bond donors (Lipinski definition) is 2. The van der Waals surface area contributed by atoms with E-state index in [9.17, 15) is 18.0 Å². The molecular weight excluding hydrogens is 842 g/mol. The second kappa shape index (κ2) is 11.0. The van der Waals surface area contributed by atoms with Crippen LogP contribution in [0.5, 0.6) is 0 Å². The van der Waals surface area contributed by atoms with Gasteiger partial charge in [-0.1, -0.05) is 6.42 Å². The van der Waals surface area contributed by atoms with Crippen LogP contribution < -0.4 is 5.32 Å². The van der Waals surface area contributed by atoms with Crippen LogP contribution >= 0.6 is 90.4 Å². The first-order valence-corrected chi connectivity index (χ1v) is 14.3. The summed E-state index contributed by atoms with van der Waals surface area (Å²) in [6, 6.07) is 0. The number of esters is 1. The van der Waals surface area contributed by atoms with Crippen LogP contribution in [-0.4, -0.2) is 43.2 Å². The van der Waals surface area contributed by atoms with Gasteiger partial charge in [-0.05, 0) is 116 Å². The predicted molar refractivity (Wildman–Crippen MR) is 138 cm³/mol. The Balaban J connectivity index is 2.36. The molecule has 0 heterocycles. The zero-order chi connectivity index (χ0) is 21.1. The fourth-order valence-corrected chi connectivity index (χ4v) is 6.83.